The summed E-state index contributed by atoms with van der Waals surface area (Å²) >= 11 is 0. The van der Waals surface area contributed by atoms with Crippen LogP contribution in [0.3, 0.4) is 0 Å². The van der Waals surface area contributed by atoms with Gasteiger partial charge in [-0.1, -0.05) is 5.57 Å². The maximum atomic E-state index is 11.5. The molecule has 0 saturated heterocycles. The second-order valence-electron chi connectivity index (χ2n) is 3.93. The molecule has 2 aliphatic rings. The Balaban J connectivity index is 0.00000144. The molecular weight excluding hydrogens is 240 g/mol. The molecule has 0 spiro atoms. The SMILES string of the molecule is CCOC(=O)C1=CC2=C(C)CNCCC2=N1.Cl. The van der Waals surface area contributed by atoms with Crippen LogP contribution >= 0.6 is 12.4 Å². The number of allylic oxidation sites excluding steroid dienone is 2. The third-order valence-electron chi connectivity index (χ3n) is 2.72. The predicted octanol–water partition coefficient (Wildman–Crippen LogP) is 1.62. The van der Waals surface area contributed by atoms with Gasteiger partial charge in [0.25, 0.3) is 0 Å². The van der Waals surface area contributed by atoms with Gasteiger partial charge in [0.05, 0.1) is 6.61 Å². The summed E-state index contributed by atoms with van der Waals surface area (Å²) in [6.45, 7) is 6.02. The fourth-order valence-electron chi connectivity index (χ4n) is 1.91. The molecule has 2 rings (SSSR count). The first-order valence-electron chi connectivity index (χ1n) is 5.59. The molecule has 1 N–H and O–H groups in total. The zero-order valence-corrected chi connectivity index (χ0v) is 10.9. The third-order valence-corrected chi connectivity index (χ3v) is 2.72. The number of hydrogen-bond donors (Lipinski definition) is 1. The van der Waals surface area contributed by atoms with Crippen LogP contribution in [-0.2, 0) is 9.53 Å². The second-order valence-corrected chi connectivity index (χ2v) is 3.93. The third kappa shape index (κ3) is 2.96. The van der Waals surface area contributed by atoms with E-state index in [4.69, 9.17) is 4.74 Å². The fourth-order valence-corrected chi connectivity index (χ4v) is 1.91. The minimum atomic E-state index is -0.323. The summed E-state index contributed by atoms with van der Waals surface area (Å²) in [5, 5.41) is 3.31. The van der Waals surface area contributed by atoms with Gasteiger partial charge in [-0.3, -0.25) is 0 Å². The van der Waals surface area contributed by atoms with Crippen molar-refractivity contribution in [2.45, 2.75) is 20.3 Å². The summed E-state index contributed by atoms with van der Waals surface area (Å²) in [4.78, 5) is 15.9. The van der Waals surface area contributed by atoms with Gasteiger partial charge in [0.2, 0.25) is 0 Å². The normalized spacial score (nSPS) is 18.7. The lowest BCUT2D eigenvalue weighted by atomic mass is 10.0. The molecule has 4 nitrogen and oxygen atoms in total. The Morgan fingerprint density at radius 1 is 1.59 bits per heavy atom. The van der Waals surface area contributed by atoms with E-state index in [1.54, 1.807) is 6.92 Å². The molecule has 5 heteroatoms. The maximum absolute atomic E-state index is 11.5. The standard InChI is InChI=1S/C12H16N2O2.ClH/c1-3-16-12(15)11-6-9-8(2)7-13-5-4-10(9)14-11;/h6,13H,3-5,7H2,1-2H3;1H. The topological polar surface area (TPSA) is 50.7 Å². The zero-order chi connectivity index (χ0) is 11.5. The van der Waals surface area contributed by atoms with Gasteiger partial charge >= 0.3 is 5.97 Å². The number of carbonyl (C=O) groups excluding carboxylic acids is 1. The van der Waals surface area contributed by atoms with Crippen LogP contribution in [0.25, 0.3) is 0 Å². The van der Waals surface area contributed by atoms with Crippen LogP contribution in [-0.4, -0.2) is 31.4 Å². The van der Waals surface area contributed by atoms with E-state index in [2.05, 4.69) is 17.2 Å². The van der Waals surface area contributed by atoms with Crippen LogP contribution in [0.5, 0.6) is 0 Å². The molecule has 0 aliphatic carbocycles. The summed E-state index contributed by atoms with van der Waals surface area (Å²) in [6, 6.07) is 0. The van der Waals surface area contributed by atoms with E-state index in [0.717, 1.165) is 30.8 Å². The first-order valence-corrected chi connectivity index (χ1v) is 5.59. The molecule has 0 amide bonds. The van der Waals surface area contributed by atoms with Gasteiger partial charge < -0.3 is 10.1 Å². The van der Waals surface area contributed by atoms with E-state index in [0.29, 0.717) is 12.3 Å². The predicted molar refractivity (Wildman–Crippen MR) is 69.6 cm³/mol. The zero-order valence-electron chi connectivity index (χ0n) is 10.1. The molecule has 0 aromatic heterocycles. The molecule has 0 atom stereocenters. The van der Waals surface area contributed by atoms with E-state index < -0.39 is 0 Å². The summed E-state index contributed by atoms with van der Waals surface area (Å²) < 4.78 is 4.95. The van der Waals surface area contributed by atoms with E-state index in [-0.39, 0.29) is 18.4 Å². The van der Waals surface area contributed by atoms with Crippen LogP contribution in [0.2, 0.25) is 0 Å². The van der Waals surface area contributed by atoms with Crippen LogP contribution in [0, 0.1) is 0 Å². The van der Waals surface area contributed by atoms with Crippen molar-refractivity contribution in [3.05, 3.63) is 22.9 Å². The van der Waals surface area contributed by atoms with Crippen LogP contribution < -0.4 is 5.32 Å². The maximum Gasteiger partial charge on any atom is 0.356 e. The van der Waals surface area contributed by atoms with Crippen molar-refractivity contribution in [2.24, 2.45) is 4.99 Å². The van der Waals surface area contributed by atoms with Gasteiger partial charge in [0.1, 0.15) is 5.70 Å². The highest BCUT2D eigenvalue weighted by Crippen LogP contribution is 2.23. The quantitative estimate of drug-likeness (QED) is 0.764. The van der Waals surface area contributed by atoms with Crippen molar-refractivity contribution in [3.8, 4) is 0 Å². The number of aliphatic imine (C=N–C) groups is 1. The van der Waals surface area contributed by atoms with Crippen LogP contribution in [0.1, 0.15) is 20.3 Å². The second kappa shape index (κ2) is 5.98. The van der Waals surface area contributed by atoms with E-state index in [1.165, 1.54) is 5.57 Å². The van der Waals surface area contributed by atoms with E-state index in [9.17, 15) is 4.79 Å². The lowest BCUT2D eigenvalue weighted by Gasteiger charge is -2.00. The van der Waals surface area contributed by atoms with E-state index >= 15 is 0 Å². The number of nitrogens with one attached hydrogen (secondary N) is 1. The van der Waals surface area contributed by atoms with Crippen molar-refractivity contribution in [1.82, 2.24) is 5.32 Å². The van der Waals surface area contributed by atoms with Gasteiger partial charge in [-0.15, -0.1) is 12.4 Å². The molecule has 0 saturated carbocycles. The molecular formula is C12H17ClN2O2. The van der Waals surface area contributed by atoms with Gasteiger partial charge in [0.15, 0.2) is 0 Å². The van der Waals surface area contributed by atoms with Gasteiger partial charge in [-0.2, -0.15) is 0 Å². The highest BCUT2D eigenvalue weighted by molar-refractivity contribution is 6.10. The summed E-state index contributed by atoms with van der Waals surface area (Å²) in [5.74, 6) is -0.323. The Bertz CT molecular complexity index is 411. The Morgan fingerprint density at radius 2 is 2.35 bits per heavy atom. The molecule has 0 aromatic rings. The summed E-state index contributed by atoms with van der Waals surface area (Å²) in [7, 11) is 0. The number of fused-ring (bicyclic) bond motifs is 1. The minimum Gasteiger partial charge on any atom is -0.461 e. The Hall–Kier alpha value is -1.13. The molecule has 0 bridgehead atoms. The van der Waals surface area contributed by atoms with Gasteiger partial charge in [-0.05, 0) is 25.5 Å². The molecule has 2 heterocycles. The molecule has 0 radical (unpaired) electrons. The number of halogens is 1. The number of nitrogens with zero attached hydrogens (tertiary/aromatic N) is 1. The monoisotopic (exact) mass is 256 g/mol. The number of esters is 1. The van der Waals surface area contributed by atoms with Crippen molar-refractivity contribution >= 4 is 24.1 Å². The van der Waals surface area contributed by atoms with Gasteiger partial charge in [0, 0.05) is 25.2 Å². The largest absolute Gasteiger partial charge is 0.461 e. The number of ether oxygens (including phenoxy) is 1. The van der Waals surface area contributed by atoms with Crippen LogP contribution in [0.4, 0.5) is 0 Å². The first kappa shape index (κ1) is 13.9. The average molecular weight is 257 g/mol. The highest BCUT2D eigenvalue weighted by atomic mass is 35.5. The van der Waals surface area contributed by atoms with Crippen molar-refractivity contribution in [2.75, 3.05) is 19.7 Å². The Kier molecular flexibility index (Phi) is 4.90. The highest BCUT2D eigenvalue weighted by Gasteiger charge is 2.23. The van der Waals surface area contributed by atoms with Crippen molar-refractivity contribution in [1.29, 1.82) is 0 Å². The first-order chi connectivity index (χ1) is 7.72. The number of carbonyl (C=O) groups is 1. The minimum absolute atomic E-state index is 0. The summed E-state index contributed by atoms with van der Waals surface area (Å²) in [6.07, 6.45) is 2.71. The van der Waals surface area contributed by atoms with Gasteiger partial charge in [-0.25, -0.2) is 9.79 Å². The fraction of sp³-hybridized carbons (Fsp3) is 0.500. The Morgan fingerprint density at radius 3 is 3.06 bits per heavy atom. The average Bonchev–Trinajstić information content (AvgIpc) is 2.62. The lowest BCUT2D eigenvalue weighted by molar-refractivity contribution is -0.138. The smallest absolute Gasteiger partial charge is 0.356 e. The number of hydrogen-bond acceptors (Lipinski definition) is 4. The van der Waals surface area contributed by atoms with Crippen molar-refractivity contribution in [3.63, 3.8) is 0 Å². The molecule has 0 aromatic carbocycles. The molecule has 0 fully saturated rings. The summed E-state index contributed by atoms with van der Waals surface area (Å²) in [5.41, 5.74) is 3.78. The van der Waals surface area contributed by atoms with E-state index in [1.807, 2.05) is 6.08 Å². The molecule has 94 valence electrons. The molecule has 2 aliphatic heterocycles. The van der Waals surface area contributed by atoms with Crippen LogP contribution in [0.15, 0.2) is 27.9 Å². The Labute approximate surface area is 107 Å². The lowest BCUT2D eigenvalue weighted by Crippen LogP contribution is -2.16. The number of rotatable bonds is 2. The molecule has 0 unspecified atom stereocenters. The molecule has 17 heavy (non-hydrogen) atoms. The van der Waals surface area contributed by atoms with Crippen molar-refractivity contribution < 1.29 is 9.53 Å².